The van der Waals surface area contributed by atoms with Gasteiger partial charge in [0, 0.05) is 12.6 Å². The second-order valence-corrected chi connectivity index (χ2v) is 4.70. The number of carbonyl (C=O) groups is 1. The molecule has 22 heavy (non-hydrogen) atoms. The average molecular weight is 322 g/mol. The Kier molecular flexibility index (Phi) is 5.97. The standard InChI is InChI=1S/C15H16ClN3O3/c1-2-21-15(20)9-22-12-5-3-11(4-6-12)8-17-14-7-13(16)18-10-19-14/h3-7,10H,2,8-9H2,1H3,(H,17,18,19). The highest BCUT2D eigenvalue weighted by molar-refractivity contribution is 6.29. The molecule has 116 valence electrons. The molecule has 0 aliphatic heterocycles. The number of nitrogens with zero attached hydrogens (tertiary/aromatic N) is 2. The normalized spacial score (nSPS) is 10.1. The lowest BCUT2D eigenvalue weighted by Crippen LogP contribution is -2.14. The van der Waals surface area contributed by atoms with Gasteiger partial charge in [-0.3, -0.25) is 0 Å². The monoisotopic (exact) mass is 321 g/mol. The molecule has 2 aromatic rings. The molecule has 1 aromatic heterocycles. The van der Waals surface area contributed by atoms with Crippen LogP contribution >= 0.6 is 11.6 Å². The predicted molar refractivity (Wildman–Crippen MR) is 82.9 cm³/mol. The van der Waals surface area contributed by atoms with Crippen LogP contribution in [-0.4, -0.2) is 29.2 Å². The molecule has 0 amide bonds. The highest BCUT2D eigenvalue weighted by Gasteiger charge is 2.03. The second-order valence-electron chi connectivity index (χ2n) is 4.32. The molecule has 0 fully saturated rings. The summed E-state index contributed by atoms with van der Waals surface area (Å²) in [5, 5.41) is 3.53. The molecule has 0 unspecified atom stereocenters. The van der Waals surface area contributed by atoms with Crippen LogP contribution in [0.25, 0.3) is 0 Å². The zero-order chi connectivity index (χ0) is 15.8. The van der Waals surface area contributed by atoms with E-state index < -0.39 is 0 Å². The van der Waals surface area contributed by atoms with Gasteiger partial charge in [0.25, 0.3) is 0 Å². The summed E-state index contributed by atoms with van der Waals surface area (Å²) in [6, 6.07) is 9.04. The zero-order valence-electron chi connectivity index (χ0n) is 12.1. The van der Waals surface area contributed by atoms with Crippen LogP contribution in [0.3, 0.4) is 0 Å². The summed E-state index contributed by atoms with van der Waals surface area (Å²) in [6.45, 7) is 2.60. The lowest BCUT2D eigenvalue weighted by Gasteiger charge is -2.08. The smallest absolute Gasteiger partial charge is 0.344 e. The summed E-state index contributed by atoms with van der Waals surface area (Å²) < 4.78 is 10.1. The van der Waals surface area contributed by atoms with Gasteiger partial charge in [0.15, 0.2) is 6.61 Å². The fraction of sp³-hybridized carbons (Fsp3) is 0.267. The van der Waals surface area contributed by atoms with Crippen LogP contribution in [0.1, 0.15) is 12.5 Å². The van der Waals surface area contributed by atoms with Crippen molar-refractivity contribution in [3.05, 3.63) is 47.4 Å². The maximum Gasteiger partial charge on any atom is 0.344 e. The maximum atomic E-state index is 11.2. The number of ether oxygens (including phenoxy) is 2. The quantitative estimate of drug-likeness (QED) is 0.624. The van der Waals surface area contributed by atoms with Crippen molar-refractivity contribution in [3.8, 4) is 5.75 Å². The Hall–Kier alpha value is -2.34. The summed E-state index contributed by atoms with van der Waals surface area (Å²) in [5.41, 5.74) is 1.04. The average Bonchev–Trinajstić information content (AvgIpc) is 2.52. The highest BCUT2D eigenvalue weighted by atomic mass is 35.5. The molecule has 0 saturated carbocycles. The summed E-state index contributed by atoms with van der Waals surface area (Å²) in [7, 11) is 0. The summed E-state index contributed by atoms with van der Waals surface area (Å²) in [4.78, 5) is 19.1. The number of esters is 1. The van der Waals surface area contributed by atoms with E-state index in [1.807, 2.05) is 12.1 Å². The van der Waals surface area contributed by atoms with Crippen molar-refractivity contribution >= 4 is 23.4 Å². The van der Waals surface area contributed by atoms with E-state index in [1.54, 1.807) is 25.1 Å². The van der Waals surface area contributed by atoms with Gasteiger partial charge in [-0.1, -0.05) is 23.7 Å². The summed E-state index contributed by atoms with van der Waals surface area (Å²) >= 11 is 5.78. The first-order chi connectivity index (χ1) is 10.7. The Bertz CT molecular complexity index is 620. The molecule has 6 nitrogen and oxygen atoms in total. The van der Waals surface area contributed by atoms with E-state index in [4.69, 9.17) is 21.1 Å². The van der Waals surface area contributed by atoms with Crippen molar-refractivity contribution in [1.29, 1.82) is 0 Å². The number of anilines is 1. The van der Waals surface area contributed by atoms with Crippen molar-refractivity contribution in [1.82, 2.24) is 9.97 Å². The van der Waals surface area contributed by atoms with Gasteiger partial charge in [0.2, 0.25) is 0 Å². The zero-order valence-corrected chi connectivity index (χ0v) is 12.8. The number of hydrogen-bond donors (Lipinski definition) is 1. The SMILES string of the molecule is CCOC(=O)COc1ccc(CNc2cc(Cl)ncn2)cc1. The molecule has 0 spiro atoms. The van der Waals surface area contributed by atoms with Crippen LogP contribution in [0, 0.1) is 0 Å². The van der Waals surface area contributed by atoms with Crippen molar-refractivity contribution < 1.29 is 14.3 Å². The second kappa shape index (κ2) is 8.19. The van der Waals surface area contributed by atoms with E-state index in [-0.39, 0.29) is 12.6 Å². The van der Waals surface area contributed by atoms with Crippen molar-refractivity contribution in [2.45, 2.75) is 13.5 Å². The number of carbonyl (C=O) groups excluding carboxylic acids is 1. The Labute approximate surface area is 133 Å². The van der Waals surface area contributed by atoms with E-state index in [9.17, 15) is 4.79 Å². The Morgan fingerprint density at radius 2 is 2.05 bits per heavy atom. The lowest BCUT2D eigenvalue weighted by atomic mass is 10.2. The molecular formula is C15H16ClN3O3. The van der Waals surface area contributed by atoms with Crippen molar-refractivity contribution in [2.75, 3.05) is 18.5 Å². The van der Waals surface area contributed by atoms with Gasteiger partial charge < -0.3 is 14.8 Å². The van der Waals surface area contributed by atoms with Crippen LogP contribution < -0.4 is 10.1 Å². The van der Waals surface area contributed by atoms with E-state index in [1.165, 1.54) is 6.33 Å². The molecule has 0 aliphatic carbocycles. The third kappa shape index (κ3) is 5.21. The van der Waals surface area contributed by atoms with Gasteiger partial charge in [-0.25, -0.2) is 14.8 Å². The third-order valence-electron chi connectivity index (χ3n) is 2.69. The predicted octanol–water partition coefficient (Wildman–Crippen LogP) is 2.68. The minimum atomic E-state index is -0.381. The van der Waals surface area contributed by atoms with Gasteiger partial charge in [-0.15, -0.1) is 0 Å². The molecular weight excluding hydrogens is 306 g/mol. The molecule has 0 saturated heterocycles. The number of hydrogen-bond acceptors (Lipinski definition) is 6. The van der Waals surface area contributed by atoms with Gasteiger partial charge in [-0.05, 0) is 24.6 Å². The topological polar surface area (TPSA) is 73.3 Å². The first kappa shape index (κ1) is 16.0. The Morgan fingerprint density at radius 3 is 2.73 bits per heavy atom. The number of halogens is 1. The van der Waals surface area contributed by atoms with Crippen molar-refractivity contribution in [3.63, 3.8) is 0 Å². The molecule has 0 radical (unpaired) electrons. The summed E-state index contributed by atoms with van der Waals surface area (Å²) in [5.74, 6) is 0.887. The van der Waals surface area contributed by atoms with E-state index in [2.05, 4.69) is 15.3 Å². The first-order valence-electron chi connectivity index (χ1n) is 6.76. The van der Waals surface area contributed by atoms with Gasteiger partial charge in [-0.2, -0.15) is 0 Å². The van der Waals surface area contributed by atoms with Gasteiger partial charge in [0.1, 0.15) is 23.0 Å². The van der Waals surface area contributed by atoms with Gasteiger partial charge in [0.05, 0.1) is 6.61 Å². The molecule has 2 rings (SSSR count). The molecule has 1 N–H and O–H groups in total. The van der Waals surface area contributed by atoms with Crippen LogP contribution in [0.4, 0.5) is 5.82 Å². The van der Waals surface area contributed by atoms with Crippen LogP contribution in [0.15, 0.2) is 36.7 Å². The van der Waals surface area contributed by atoms with E-state index in [0.29, 0.717) is 29.9 Å². The molecule has 1 aromatic carbocycles. The minimum Gasteiger partial charge on any atom is -0.482 e. The molecule has 0 aliphatic rings. The van der Waals surface area contributed by atoms with E-state index >= 15 is 0 Å². The van der Waals surface area contributed by atoms with Crippen molar-refractivity contribution in [2.24, 2.45) is 0 Å². The van der Waals surface area contributed by atoms with Gasteiger partial charge >= 0.3 is 5.97 Å². The number of nitrogens with one attached hydrogen (secondary N) is 1. The molecule has 0 bridgehead atoms. The number of benzene rings is 1. The van der Waals surface area contributed by atoms with Crippen LogP contribution in [-0.2, 0) is 16.1 Å². The number of rotatable bonds is 7. The largest absolute Gasteiger partial charge is 0.482 e. The Balaban J connectivity index is 1.82. The number of aromatic nitrogens is 2. The third-order valence-corrected chi connectivity index (χ3v) is 2.90. The maximum absolute atomic E-state index is 11.2. The highest BCUT2D eigenvalue weighted by Crippen LogP contribution is 2.14. The van der Waals surface area contributed by atoms with E-state index in [0.717, 1.165) is 5.56 Å². The van der Waals surface area contributed by atoms with Crippen LogP contribution in [0.2, 0.25) is 5.15 Å². The molecule has 0 atom stereocenters. The fourth-order valence-electron chi connectivity index (χ4n) is 1.67. The summed E-state index contributed by atoms with van der Waals surface area (Å²) in [6.07, 6.45) is 1.40. The fourth-order valence-corrected chi connectivity index (χ4v) is 1.82. The first-order valence-corrected chi connectivity index (χ1v) is 7.14. The minimum absolute atomic E-state index is 0.0924. The Morgan fingerprint density at radius 1 is 1.27 bits per heavy atom. The molecule has 1 heterocycles. The molecule has 7 heteroatoms. The lowest BCUT2D eigenvalue weighted by molar-refractivity contribution is -0.145. The van der Waals surface area contributed by atoms with Crippen LogP contribution in [0.5, 0.6) is 5.75 Å².